The van der Waals surface area contributed by atoms with Crippen LogP contribution >= 0.6 is 0 Å². The van der Waals surface area contributed by atoms with Crippen LogP contribution in [0.5, 0.6) is 0 Å². The average molecular weight is 282 g/mol. The molecule has 0 aromatic heterocycles. The molecule has 0 fully saturated rings. The van der Waals surface area contributed by atoms with Gasteiger partial charge in [0, 0.05) is 25.7 Å². The summed E-state index contributed by atoms with van der Waals surface area (Å²) in [4.78, 5) is 10.5. The highest BCUT2D eigenvalue weighted by Crippen LogP contribution is 2.08. The molecular formula is C17H34N2O. The van der Waals surface area contributed by atoms with Crippen LogP contribution in [-0.4, -0.2) is 37.0 Å². The summed E-state index contributed by atoms with van der Waals surface area (Å²) in [6.07, 6.45) is 7.50. The molecule has 0 N–H and O–H groups in total. The number of nitrogens with zero attached hydrogens (tertiary/aromatic N) is 2. The third kappa shape index (κ3) is 10.2. The van der Waals surface area contributed by atoms with Crippen LogP contribution in [0.4, 0.5) is 0 Å². The van der Waals surface area contributed by atoms with E-state index in [1.807, 2.05) is 18.2 Å². The van der Waals surface area contributed by atoms with E-state index in [0.717, 1.165) is 25.8 Å². The van der Waals surface area contributed by atoms with Gasteiger partial charge in [0.2, 0.25) is 0 Å². The minimum atomic E-state index is 0.209. The lowest BCUT2D eigenvalue weighted by atomic mass is 10.1. The minimum absolute atomic E-state index is 0.209. The van der Waals surface area contributed by atoms with Crippen LogP contribution in [-0.2, 0) is 4.84 Å². The zero-order chi connectivity index (χ0) is 15.4. The molecule has 0 saturated heterocycles. The van der Waals surface area contributed by atoms with Gasteiger partial charge in [-0.15, -0.1) is 6.58 Å². The van der Waals surface area contributed by atoms with E-state index < -0.39 is 0 Å². The largest absolute Gasteiger partial charge is 0.297 e. The molecule has 3 heteroatoms. The third-order valence-corrected chi connectivity index (χ3v) is 3.21. The second-order valence-electron chi connectivity index (χ2n) is 5.79. The minimum Gasteiger partial charge on any atom is -0.297 e. The molecule has 0 aliphatic heterocycles. The maximum atomic E-state index is 5.78. The molecule has 0 aliphatic carbocycles. The summed E-state index contributed by atoms with van der Waals surface area (Å²) in [6.45, 7) is 14.2. The smallest absolute Gasteiger partial charge is 0.0905 e. The predicted octanol–water partition coefficient (Wildman–Crippen LogP) is 4.49. The van der Waals surface area contributed by atoms with Gasteiger partial charge in [0.15, 0.2) is 0 Å². The molecule has 0 saturated carbocycles. The van der Waals surface area contributed by atoms with Crippen molar-refractivity contribution in [1.82, 2.24) is 5.06 Å². The Kier molecular flexibility index (Phi) is 11.7. The van der Waals surface area contributed by atoms with E-state index in [9.17, 15) is 0 Å². The molecule has 0 amide bonds. The first-order valence-electron chi connectivity index (χ1n) is 8.03. The van der Waals surface area contributed by atoms with Gasteiger partial charge in [0.25, 0.3) is 0 Å². The van der Waals surface area contributed by atoms with Crippen molar-refractivity contribution in [3.05, 3.63) is 12.7 Å². The first-order chi connectivity index (χ1) is 9.53. The topological polar surface area (TPSA) is 24.8 Å². The Morgan fingerprint density at radius 1 is 1.30 bits per heavy atom. The SMILES string of the molecule is C=CC/C(CCC)=N\C(C)CON(C)CC(C)CCC. The summed E-state index contributed by atoms with van der Waals surface area (Å²) < 4.78 is 0. The Bertz CT molecular complexity index is 276. The van der Waals surface area contributed by atoms with Crippen molar-refractivity contribution in [1.29, 1.82) is 0 Å². The van der Waals surface area contributed by atoms with Crippen LogP contribution in [0.2, 0.25) is 0 Å². The fourth-order valence-corrected chi connectivity index (χ4v) is 2.33. The lowest BCUT2D eigenvalue weighted by molar-refractivity contribution is -0.149. The van der Waals surface area contributed by atoms with Crippen molar-refractivity contribution in [3.63, 3.8) is 0 Å². The molecular weight excluding hydrogens is 248 g/mol. The van der Waals surface area contributed by atoms with Crippen LogP contribution in [0, 0.1) is 5.92 Å². The fraction of sp³-hybridized carbons (Fsp3) is 0.824. The summed E-state index contributed by atoms with van der Waals surface area (Å²) in [7, 11) is 2.01. The Morgan fingerprint density at radius 2 is 2.00 bits per heavy atom. The van der Waals surface area contributed by atoms with E-state index in [4.69, 9.17) is 9.83 Å². The van der Waals surface area contributed by atoms with Gasteiger partial charge in [0.05, 0.1) is 12.6 Å². The Balaban J connectivity index is 4.09. The maximum Gasteiger partial charge on any atom is 0.0905 e. The van der Waals surface area contributed by atoms with Crippen molar-refractivity contribution < 1.29 is 4.84 Å². The first-order valence-corrected chi connectivity index (χ1v) is 8.03. The number of hydrogen-bond acceptors (Lipinski definition) is 3. The number of hydrogen-bond donors (Lipinski definition) is 0. The summed E-state index contributed by atoms with van der Waals surface area (Å²) in [5.41, 5.74) is 1.24. The van der Waals surface area contributed by atoms with E-state index in [1.165, 1.54) is 18.6 Å². The summed E-state index contributed by atoms with van der Waals surface area (Å²) in [5.74, 6) is 0.681. The van der Waals surface area contributed by atoms with Crippen LogP contribution < -0.4 is 0 Å². The highest BCUT2D eigenvalue weighted by atomic mass is 16.7. The molecule has 0 aliphatic rings. The summed E-state index contributed by atoms with van der Waals surface area (Å²) in [6, 6.07) is 0.209. The van der Waals surface area contributed by atoms with Gasteiger partial charge in [-0.2, -0.15) is 5.06 Å². The molecule has 0 aromatic rings. The standard InChI is InChI=1S/C17H34N2O/c1-7-10-15(4)13-19(6)20-14-16(5)18-17(11-8-2)12-9-3/h8,15-16H,2,7,9-14H2,1,3-6H3/b18-17+. The van der Waals surface area contributed by atoms with Crippen molar-refractivity contribution in [2.75, 3.05) is 20.2 Å². The van der Waals surface area contributed by atoms with E-state index in [1.54, 1.807) is 0 Å². The van der Waals surface area contributed by atoms with Gasteiger partial charge in [0.1, 0.15) is 0 Å². The molecule has 0 heterocycles. The van der Waals surface area contributed by atoms with E-state index in [-0.39, 0.29) is 6.04 Å². The molecule has 2 unspecified atom stereocenters. The Morgan fingerprint density at radius 3 is 2.55 bits per heavy atom. The fourth-order valence-electron chi connectivity index (χ4n) is 2.33. The molecule has 0 bridgehead atoms. The average Bonchev–Trinajstić information content (AvgIpc) is 2.37. The highest BCUT2D eigenvalue weighted by Gasteiger charge is 2.08. The van der Waals surface area contributed by atoms with Crippen LogP contribution in [0.25, 0.3) is 0 Å². The van der Waals surface area contributed by atoms with Crippen LogP contribution in [0.1, 0.15) is 59.8 Å². The van der Waals surface area contributed by atoms with Crippen molar-refractivity contribution in [2.24, 2.45) is 10.9 Å². The molecule has 0 rings (SSSR count). The van der Waals surface area contributed by atoms with E-state index in [2.05, 4.69) is 34.3 Å². The summed E-state index contributed by atoms with van der Waals surface area (Å²) >= 11 is 0. The first kappa shape index (κ1) is 19.3. The molecule has 0 aromatic carbocycles. The number of hydroxylamine groups is 2. The van der Waals surface area contributed by atoms with Gasteiger partial charge in [-0.25, -0.2) is 0 Å². The van der Waals surface area contributed by atoms with Crippen molar-refractivity contribution >= 4 is 5.71 Å². The lowest BCUT2D eigenvalue weighted by Crippen LogP contribution is -2.28. The van der Waals surface area contributed by atoms with Gasteiger partial charge in [-0.05, 0) is 25.7 Å². The second kappa shape index (κ2) is 12.1. The second-order valence-corrected chi connectivity index (χ2v) is 5.79. The van der Waals surface area contributed by atoms with Crippen LogP contribution in [0.3, 0.4) is 0 Å². The number of rotatable bonds is 12. The van der Waals surface area contributed by atoms with Gasteiger partial charge >= 0.3 is 0 Å². The van der Waals surface area contributed by atoms with Gasteiger partial charge < -0.3 is 0 Å². The summed E-state index contributed by atoms with van der Waals surface area (Å²) in [5, 5.41) is 1.96. The van der Waals surface area contributed by atoms with Gasteiger partial charge in [-0.3, -0.25) is 9.83 Å². The molecule has 118 valence electrons. The molecule has 0 radical (unpaired) electrons. The van der Waals surface area contributed by atoms with Gasteiger partial charge in [-0.1, -0.05) is 39.7 Å². The molecule has 20 heavy (non-hydrogen) atoms. The Labute approximate surface area is 126 Å². The number of allylic oxidation sites excluding steroid dienone is 1. The number of aliphatic imine (C=N–C) groups is 1. The maximum absolute atomic E-state index is 5.78. The van der Waals surface area contributed by atoms with Crippen molar-refractivity contribution in [2.45, 2.75) is 65.8 Å². The lowest BCUT2D eigenvalue weighted by Gasteiger charge is -2.22. The quantitative estimate of drug-likeness (QED) is 0.299. The predicted molar refractivity (Wildman–Crippen MR) is 89.3 cm³/mol. The molecule has 3 nitrogen and oxygen atoms in total. The van der Waals surface area contributed by atoms with E-state index >= 15 is 0 Å². The highest BCUT2D eigenvalue weighted by molar-refractivity contribution is 5.85. The van der Waals surface area contributed by atoms with E-state index in [0.29, 0.717) is 12.5 Å². The zero-order valence-electron chi connectivity index (χ0n) is 14.2. The van der Waals surface area contributed by atoms with Crippen molar-refractivity contribution in [3.8, 4) is 0 Å². The van der Waals surface area contributed by atoms with Crippen LogP contribution in [0.15, 0.2) is 17.6 Å². The zero-order valence-corrected chi connectivity index (χ0v) is 14.2. The molecule has 2 atom stereocenters. The Hall–Kier alpha value is -0.670. The third-order valence-electron chi connectivity index (χ3n) is 3.21. The normalized spacial score (nSPS) is 15.4. The monoisotopic (exact) mass is 282 g/mol. The molecule has 0 spiro atoms.